The maximum atomic E-state index is 10.00. The molecule has 0 bridgehead atoms. The summed E-state index contributed by atoms with van der Waals surface area (Å²) in [6, 6.07) is 0. The monoisotopic (exact) mass is 342 g/mol. The lowest BCUT2D eigenvalue weighted by atomic mass is 9.97. The third kappa shape index (κ3) is 3.65. The summed E-state index contributed by atoms with van der Waals surface area (Å²) in [5, 5.41) is 76.8. The lowest BCUT2D eigenvalue weighted by molar-refractivity contribution is -0.355. The van der Waals surface area contributed by atoms with E-state index in [9.17, 15) is 30.6 Å². The lowest BCUT2D eigenvalue weighted by Gasteiger charge is -2.45. The summed E-state index contributed by atoms with van der Waals surface area (Å²) in [4.78, 5) is 0. The van der Waals surface area contributed by atoms with Gasteiger partial charge in [-0.3, -0.25) is 0 Å². The van der Waals surface area contributed by atoms with Gasteiger partial charge in [0.15, 0.2) is 12.6 Å². The first-order chi connectivity index (χ1) is 10.8. The van der Waals surface area contributed by atoms with Crippen molar-refractivity contribution in [1.82, 2.24) is 0 Å². The van der Waals surface area contributed by atoms with Gasteiger partial charge in [-0.05, 0) is 0 Å². The standard InChI is InChI=1S/C12H22O11/c13-1-3-5(15)7(17)8(18)12(22-3)23-10-6(16)4(2-14)21-11(20)9(10)19/h3-20H,1-2H2/t3-,4-,5-,6-,7+,8+,9-,10+,11-,12-/m1/s1. The Labute approximate surface area is 130 Å². The molecule has 2 aliphatic heterocycles. The molecule has 8 N–H and O–H groups in total. The topological polar surface area (TPSA) is 190 Å². The fraction of sp³-hybridized carbons (Fsp3) is 1.00. The summed E-state index contributed by atoms with van der Waals surface area (Å²) >= 11 is 0. The van der Waals surface area contributed by atoms with Gasteiger partial charge >= 0.3 is 0 Å². The molecule has 0 aromatic carbocycles. The molecule has 0 aromatic heterocycles. The normalized spacial score (nSPS) is 51.7. The average molecular weight is 342 g/mol. The maximum absolute atomic E-state index is 10.00. The Morgan fingerprint density at radius 3 is 1.78 bits per heavy atom. The van der Waals surface area contributed by atoms with E-state index in [-0.39, 0.29) is 0 Å². The van der Waals surface area contributed by atoms with E-state index < -0.39 is 74.6 Å². The van der Waals surface area contributed by atoms with Gasteiger partial charge in [0.25, 0.3) is 0 Å². The van der Waals surface area contributed by atoms with Gasteiger partial charge in [-0.15, -0.1) is 0 Å². The molecule has 2 saturated heterocycles. The summed E-state index contributed by atoms with van der Waals surface area (Å²) in [5.74, 6) is 0. The highest BCUT2D eigenvalue weighted by Crippen LogP contribution is 2.28. The van der Waals surface area contributed by atoms with Gasteiger partial charge in [-0.2, -0.15) is 0 Å². The lowest BCUT2D eigenvalue weighted by Crippen LogP contribution is -2.64. The van der Waals surface area contributed by atoms with Gasteiger partial charge in [0, 0.05) is 0 Å². The Hall–Kier alpha value is -0.440. The largest absolute Gasteiger partial charge is 0.394 e. The summed E-state index contributed by atoms with van der Waals surface area (Å²) in [7, 11) is 0. The van der Waals surface area contributed by atoms with Crippen molar-refractivity contribution in [3.05, 3.63) is 0 Å². The van der Waals surface area contributed by atoms with Crippen molar-refractivity contribution in [2.24, 2.45) is 0 Å². The van der Waals surface area contributed by atoms with Gasteiger partial charge in [-0.1, -0.05) is 0 Å². The van der Waals surface area contributed by atoms with Crippen LogP contribution in [0, 0.1) is 0 Å². The van der Waals surface area contributed by atoms with E-state index >= 15 is 0 Å². The number of hydrogen-bond acceptors (Lipinski definition) is 11. The fourth-order valence-corrected chi connectivity index (χ4v) is 2.56. The van der Waals surface area contributed by atoms with Gasteiger partial charge < -0.3 is 55.1 Å². The molecule has 2 aliphatic rings. The van der Waals surface area contributed by atoms with Crippen LogP contribution in [-0.4, -0.2) is 115 Å². The molecule has 11 heteroatoms. The number of aliphatic hydroxyl groups excluding tert-OH is 8. The molecule has 2 heterocycles. The molecule has 11 nitrogen and oxygen atoms in total. The van der Waals surface area contributed by atoms with Crippen molar-refractivity contribution in [2.75, 3.05) is 13.2 Å². The molecule has 10 atom stereocenters. The number of aliphatic hydroxyl groups is 8. The molecule has 0 saturated carbocycles. The number of ether oxygens (including phenoxy) is 3. The quantitative estimate of drug-likeness (QED) is 0.243. The second-order valence-corrected chi connectivity index (χ2v) is 5.53. The fourth-order valence-electron chi connectivity index (χ4n) is 2.56. The zero-order valence-corrected chi connectivity index (χ0v) is 12.0. The van der Waals surface area contributed by atoms with Crippen LogP contribution in [0.3, 0.4) is 0 Å². The first kappa shape index (κ1) is 18.9. The van der Waals surface area contributed by atoms with Crippen LogP contribution in [0.1, 0.15) is 0 Å². The van der Waals surface area contributed by atoms with E-state index in [1.807, 2.05) is 0 Å². The Morgan fingerprint density at radius 2 is 1.22 bits per heavy atom. The molecule has 0 spiro atoms. The predicted molar refractivity (Wildman–Crippen MR) is 68.6 cm³/mol. The Bertz CT molecular complexity index is 380. The van der Waals surface area contributed by atoms with E-state index in [0.717, 1.165) is 0 Å². The van der Waals surface area contributed by atoms with E-state index in [1.54, 1.807) is 0 Å². The minimum atomic E-state index is -1.76. The van der Waals surface area contributed by atoms with Crippen LogP contribution in [0.2, 0.25) is 0 Å². The zero-order chi connectivity index (χ0) is 17.3. The van der Waals surface area contributed by atoms with Crippen molar-refractivity contribution in [3.8, 4) is 0 Å². The minimum Gasteiger partial charge on any atom is -0.394 e. The smallest absolute Gasteiger partial charge is 0.187 e. The van der Waals surface area contributed by atoms with Crippen LogP contribution < -0.4 is 0 Å². The molecule has 136 valence electrons. The van der Waals surface area contributed by atoms with Gasteiger partial charge in [-0.25, -0.2) is 0 Å². The number of rotatable bonds is 4. The SMILES string of the molecule is OC[C@H]1O[C@H](O[C@@H]2[C@@H](O)[C@H](O)O[C@H](CO)[C@H]2O)[C@@H](O)[C@@H](O)[C@@H]1O. The third-order valence-electron chi connectivity index (χ3n) is 3.98. The van der Waals surface area contributed by atoms with Crippen LogP contribution in [0.25, 0.3) is 0 Å². The van der Waals surface area contributed by atoms with E-state index in [2.05, 4.69) is 0 Å². The second-order valence-electron chi connectivity index (χ2n) is 5.53. The van der Waals surface area contributed by atoms with Crippen molar-refractivity contribution in [3.63, 3.8) is 0 Å². The molecule has 0 radical (unpaired) electrons. The highest BCUT2D eigenvalue weighted by atomic mass is 16.7. The summed E-state index contributed by atoms with van der Waals surface area (Å²) < 4.78 is 15.1. The molecule has 2 rings (SSSR count). The molecular weight excluding hydrogens is 320 g/mol. The molecule has 2 fully saturated rings. The molecule has 0 unspecified atom stereocenters. The van der Waals surface area contributed by atoms with Crippen LogP contribution in [0.5, 0.6) is 0 Å². The van der Waals surface area contributed by atoms with Gasteiger partial charge in [0.1, 0.15) is 48.8 Å². The zero-order valence-electron chi connectivity index (χ0n) is 12.0. The molecule has 0 aliphatic carbocycles. The highest BCUT2D eigenvalue weighted by molar-refractivity contribution is 4.93. The van der Waals surface area contributed by atoms with Crippen molar-refractivity contribution >= 4 is 0 Å². The summed E-state index contributed by atoms with van der Waals surface area (Å²) in [5.41, 5.74) is 0. The molecule has 0 aromatic rings. The van der Waals surface area contributed by atoms with Crippen molar-refractivity contribution in [2.45, 2.75) is 61.4 Å². The summed E-state index contributed by atoms with van der Waals surface area (Å²) in [6.07, 6.45) is -15.7. The average Bonchev–Trinajstić information content (AvgIpc) is 2.54. The van der Waals surface area contributed by atoms with Crippen LogP contribution in [-0.2, 0) is 14.2 Å². The Morgan fingerprint density at radius 1 is 0.652 bits per heavy atom. The maximum Gasteiger partial charge on any atom is 0.187 e. The molecule has 0 amide bonds. The highest BCUT2D eigenvalue weighted by Gasteiger charge is 2.50. The van der Waals surface area contributed by atoms with Crippen molar-refractivity contribution in [1.29, 1.82) is 0 Å². The molecule has 23 heavy (non-hydrogen) atoms. The van der Waals surface area contributed by atoms with Crippen molar-refractivity contribution < 1.29 is 55.1 Å². The van der Waals surface area contributed by atoms with Crippen LogP contribution >= 0.6 is 0 Å². The Balaban J connectivity index is 2.11. The van der Waals surface area contributed by atoms with Gasteiger partial charge in [0.2, 0.25) is 0 Å². The summed E-state index contributed by atoms with van der Waals surface area (Å²) in [6.45, 7) is -1.34. The second kappa shape index (κ2) is 7.63. The Kier molecular flexibility index (Phi) is 6.27. The molecular formula is C12H22O11. The van der Waals surface area contributed by atoms with E-state index in [1.165, 1.54) is 0 Å². The first-order valence-corrected chi connectivity index (χ1v) is 7.08. The van der Waals surface area contributed by atoms with E-state index in [0.29, 0.717) is 0 Å². The third-order valence-corrected chi connectivity index (χ3v) is 3.98. The first-order valence-electron chi connectivity index (χ1n) is 7.08. The van der Waals surface area contributed by atoms with E-state index in [4.69, 9.17) is 24.4 Å². The number of hydrogen-bond donors (Lipinski definition) is 8. The minimum absolute atomic E-state index is 0.667. The van der Waals surface area contributed by atoms with Crippen LogP contribution in [0.4, 0.5) is 0 Å². The predicted octanol–water partition coefficient (Wildman–Crippen LogP) is -5.40. The van der Waals surface area contributed by atoms with Crippen LogP contribution in [0.15, 0.2) is 0 Å². The van der Waals surface area contributed by atoms with Gasteiger partial charge in [0.05, 0.1) is 13.2 Å².